The lowest BCUT2D eigenvalue weighted by Crippen LogP contribution is -2.25. The van der Waals surface area contributed by atoms with Crippen LogP contribution in [0.3, 0.4) is 0 Å². The van der Waals surface area contributed by atoms with E-state index in [1.165, 1.54) is 0 Å². The molecular weight excluding hydrogens is 182 g/mol. The molecule has 0 spiro atoms. The molecule has 0 aromatic rings. The predicted molar refractivity (Wildman–Crippen MR) is 55.4 cm³/mol. The zero-order chi connectivity index (χ0) is 11.0. The standard InChI is InChI=1S/C10H21NO3/c1-5-6-11(4)7-8-13-10(12)14-9(2)3/h9H,5-8H2,1-4H3. The zero-order valence-corrected chi connectivity index (χ0v) is 9.58. The van der Waals surface area contributed by atoms with Gasteiger partial charge >= 0.3 is 6.16 Å². The van der Waals surface area contributed by atoms with Gasteiger partial charge in [-0.05, 0) is 33.9 Å². The molecule has 4 heteroatoms. The van der Waals surface area contributed by atoms with Crippen LogP contribution in [-0.4, -0.2) is 43.9 Å². The topological polar surface area (TPSA) is 38.8 Å². The van der Waals surface area contributed by atoms with Gasteiger partial charge in [0.2, 0.25) is 0 Å². The molecule has 0 aromatic heterocycles. The van der Waals surface area contributed by atoms with E-state index in [0.29, 0.717) is 6.61 Å². The number of nitrogens with zero attached hydrogens (tertiary/aromatic N) is 1. The Kier molecular flexibility index (Phi) is 7.20. The molecule has 0 unspecified atom stereocenters. The maximum atomic E-state index is 10.9. The Morgan fingerprint density at radius 3 is 2.50 bits per heavy atom. The van der Waals surface area contributed by atoms with Crippen LogP contribution in [0, 0.1) is 0 Å². The van der Waals surface area contributed by atoms with Gasteiger partial charge in [-0.1, -0.05) is 6.92 Å². The molecule has 0 saturated heterocycles. The highest BCUT2D eigenvalue weighted by atomic mass is 16.7. The van der Waals surface area contributed by atoms with Gasteiger partial charge in [0.05, 0.1) is 6.10 Å². The van der Waals surface area contributed by atoms with Gasteiger partial charge in [0.25, 0.3) is 0 Å². The van der Waals surface area contributed by atoms with Crippen molar-refractivity contribution in [1.29, 1.82) is 0 Å². The molecular formula is C10H21NO3. The van der Waals surface area contributed by atoms with E-state index in [1.54, 1.807) is 13.8 Å². The van der Waals surface area contributed by atoms with E-state index in [4.69, 9.17) is 9.47 Å². The molecule has 0 N–H and O–H groups in total. The second-order valence-corrected chi connectivity index (χ2v) is 3.57. The molecule has 0 radical (unpaired) electrons. The Morgan fingerprint density at radius 2 is 2.00 bits per heavy atom. The van der Waals surface area contributed by atoms with Crippen molar-refractivity contribution in [1.82, 2.24) is 4.90 Å². The second-order valence-electron chi connectivity index (χ2n) is 3.57. The molecule has 0 rings (SSSR count). The highest BCUT2D eigenvalue weighted by molar-refractivity contribution is 5.59. The van der Waals surface area contributed by atoms with E-state index in [9.17, 15) is 4.79 Å². The van der Waals surface area contributed by atoms with Crippen molar-refractivity contribution in [3.05, 3.63) is 0 Å². The summed E-state index contributed by atoms with van der Waals surface area (Å²) in [5.41, 5.74) is 0. The minimum Gasteiger partial charge on any atom is -0.433 e. The van der Waals surface area contributed by atoms with E-state index < -0.39 is 6.16 Å². The van der Waals surface area contributed by atoms with E-state index in [1.807, 2.05) is 7.05 Å². The van der Waals surface area contributed by atoms with Crippen LogP contribution in [0.4, 0.5) is 4.79 Å². The number of likely N-dealkylation sites (N-methyl/N-ethyl adjacent to an activating group) is 1. The number of ether oxygens (including phenoxy) is 2. The third kappa shape index (κ3) is 7.86. The first-order valence-corrected chi connectivity index (χ1v) is 5.08. The maximum absolute atomic E-state index is 10.9. The van der Waals surface area contributed by atoms with Crippen molar-refractivity contribution in [3.63, 3.8) is 0 Å². The van der Waals surface area contributed by atoms with Gasteiger partial charge in [-0.3, -0.25) is 0 Å². The van der Waals surface area contributed by atoms with Crippen molar-refractivity contribution < 1.29 is 14.3 Å². The molecule has 0 fully saturated rings. The molecule has 0 saturated carbocycles. The first-order valence-electron chi connectivity index (χ1n) is 5.08. The number of hydrogen-bond acceptors (Lipinski definition) is 4. The summed E-state index contributed by atoms with van der Waals surface area (Å²) in [5, 5.41) is 0. The summed E-state index contributed by atoms with van der Waals surface area (Å²) >= 11 is 0. The van der Waals surface area contributed by atoms with Crippen LogP contribution in [0.5, 0.6) is 0 Å². The molecule has 4 nitrogen and oxygen atoms in total. The zero-order valence-electron chi connectivity index (χ0n) is 9.58. The number of carbonyl (C=O) groups is 1. The largest absolute Gasteiger partial charge is 0.508 e. The van der Waals surface area contributed by atoms with Gasteiger partial charge in [-0.25, -0.2) is 4.79 Å². The smallest absolute Gasteiger partial charge is 0.433 e. The maximum Gasteiger partial charge on any atom is 0.508 e. The summed E-state index contributed by atoms with van der Waals surface area (Å²) < 4.78 is 9.68. The Bertz CT molecular complexity index is 159. The third-order valence-corrected chi connectivity index (χ3v) is 1.63. The molecule has 0 aliphatic rings. The Hall–Kier alpha value is -0.770. The highest BCUT2D eigenvalue weighted by Crippen LogP contribution is 1.93. The van der Waals surface area contributed by atoms with Gasteiger partial charge < -0.3 is 14.4 Å². The highest BCUT2D eigenvalue weighted by Gasteiger charge is 2.06. The first-order chi connectivity index (χ1) is 6.56. The lowest BCUT2D eigenvalue weighted by molar-refractivity contribution is 0.0305. The van der Waals surface area contributed by atoms with Gasteiger partial charge in [-0.15, -0.1) is 0 Å². The summed E-state index contributed by atoms with van der Waals surface area (Å²) in [7, 11) is 2.00. The quantitative estimate of drug-likeness (QED) is 0.618. The lowest BCUT2D eigenvalue weighted by atomic mass is 10.4. The van der Waals surface area contributed by atoms with E-state index in [-0.39, 0.29) is 6.10 Å². The monoisotopic (exact) mass is 203 g/mol. The molecule has 0 bridgehead atoms. The van der Waals surface area contributed by atoms with Gasteiger partial charge in [0.15, 0.2) is 0 Å². The number of carbonyl (C=O) groups excluding carboxylic acids is 1. The van der Waals surface area contributed by atoms with Crippen LogP contribution in [0.2, 0.25) is 0 Å². The minimum absolute atomic E-state index is 0.115. The Labute approximate surface area is 86.2 Å². The average molecular weight is 203 g/mol. The molecule has 0 aliphatic heterocycles. The molecule has 0 aromatic carbocycles. The molecule has 0 atom stereocenters. The summed E-state index contributed by atoms with van der Waals surface area (Å²) in [5.74, 6) is 0. The summed E-state index contributed by atoms with van der Waals surface area (Å²) in [6.07, 6.45) is 0.410. The number of rotatable bonds is 6. The van der Waals surface area contributed by atoms with Gasteiger partial charge in [0, 0.05) is 6.54 Å². The fourth-order valence-electron chi connectivity index (χ4n) is 1.00. The van der Waals surface area contributed by atoms with Gasteiger partial charge in [0.1, 0.15) is 6.61 Å². The van der Waals surface area contributed by atoms with E-state index >= 15 is 0 Å². The molecule has 0 aliphatic carbocycles. The molecule has 14 heavy (non-hydrogen) atoms. The third-order valence-electron chi connectivity index (χ3n) is 1.63. The molecule has 0 amide bonds. The predicted octanol–water partition coefficient (Wildman–Crippen LogP) is 1.89. The number of hydrogen-bond donors (Lipinski definition) is 0. The SMILES string of the molecule is CCCN(C)CCOC(=O)OC(C)C. The van der Waals surface area contributed by atoms with Crippen molar-refractivity contribution in [2.45, 2.75) is 33.3 Å². The van der Waals surface area contributed by atoms with Crippen LogP contribution in [0.15, 0.2) is 0 Å². The van der Waals surface area contributed by atoms with Crippen molar-refractivity contribution in [3.8, 4) is 0 Å². The van der Waals surface area contributed by atoms with E-state index in [0.717, 1.165) is 19.5 Å². The molecule has 0 heterocycles. The van der Waals surface area contributed by atoms with Crippen molar-refractivity contribution in [2.75, 3.05) is 26.7 Å². The lowest BCUT2D eigenvalue weighted by Gasteiger charge is -2.15. The minimum atomic E-state index is -0.579. The summed E-state index contributed by atoms with van der Waals surface area (Å²) in [6, 6.07) is 0. The van der Waals surface area contributed by atoms with Crippen LogP contribution in [0.25, 0.3) is 0 Å². The van der Waals surface area contributed by atoms with Crippen LogP contribution >= 0.6 is 0 Å². The van der Waals surface area contributed by atoms with Crippen molar-refractivity contribution in [2.24, 2.45) is 0 Å². The van der Waals surface area contributed by atoms with Crippen LogP contribution in [-0.2, 0) is 9.47 Å². The summed E-state index contributed by atoms with van der Waals surface area (Å²) in [6.45, 7) is 7.87. The fraction of sp³-hybridized carbons (Fsp3) is 0.900. The van der Waals surface area contributed by atoms with Crippen LogP contribution in [0.1, 0.15) is 27.2 Å². The fourth-order valence-corrected chi connectivity index (χ4v) is 1.00. The summed E-state index contributed by atoms with van der Waals surface area (Å²) in [4.78, 5) is 13.0. The normalized spacial score (nSPS) is 10.7. The Morgan fingerprint density at radius 1 is 1.36 bits per heavy atom. The van der Waals surface area contributed by atoms with Crippen LogP contribution < -0.4 is 0 Å². The Balaban J connectivity index is 3.39. The molecule has 84 valence electrons. The van der Waals surface area contributed by atoms with Crippen molar-refractivity contribution >= 4 is 6.16 Å². The van der Waals surface area contributed by atoms with Gasteiger partial charge in [-0.2, -0.15) is 0 Å². The average Bonchev–Trinajstić information content (AvgIpc) is 2.02. The first kappa shape index (κ1) is 13.2. The van der Waals surface area contributed by atoms with E-state index in [2.05, 4.69) is 11.8 Å². The second kappa shape index (κ2) is 7.62.